The van der Waals surface area contributed by atoms with E-state index in [1.54, 1.807) is 37.3 Å². The molecule has 1 heterocycles. The van der Waals surface area contributed by atoms with Crippen LogP contribution in [0.3, 0.4) is 0 Å². The van der Waals surface area contributed by atoms with E-state index in [4.69, 9.17) is 9.47 Å². The lowest BCUT2D eigenvalue weighted by Gasteiger charge is -2.29. The number of carbonyl (C=O) groups excluding carboxylic acids is 3. The lowest BCUT2D eigenvalue weighted by Crippen LogP contribution is -2.43. The van der Waals surface area contributed by atoms with Crippen LogP contribution < -0.4 is 10.6 Å². The second-order valence-electron chi connectivity index (χ2n) is 11.5. The summed E-state index contributed by atoms with van der Waals surface area (Å²) in [5.41, 5.74) is 2.05. The van der Waals surface area contributed by atoms with E-state index >= 15 is 0 Å². The molecule has 0 aromatic heterocycles. The van der Waals surface area contributed by atoms with Crippen molar-refractivity contribution >= 4 is 23.5 Å². The first-order valence-corrected chi connectivity index (χ1v) is 14.9. The average molecular weight is 597 g/mol. The van der Waals surface area contributed by atoms with E-state index < -0.39 is 36.2 Å². The van der Waals surface area contributed by atoms with E-state index in [9.17, 15) is 24.6 Å². The maximum atomic E-state index is 13.0. The fourth-order valence-electron chi connectivity index (χ4n) is 4.70. The lowest BCUT2D eigenvalue weighted by molar-refractivity contribution is -0.154. The zero-order chi connectivity index (χ0) is 31.9. The van der Waals surface area contributed by atoms with Crippen LogP contribution in [0, 0.1) is 11.8 Å². The van der Waals surface area contributed by atoms with Crippen LogP contribution in [0.4, 0.5) is 5.69 Å². The van der Waals surface area contributed by atoms with Gasteiger partial charge in [0, 0.05) is 31.2 Å². The van der Waals surface area contributed by atoms with Gasteiger partial charge in [-0.2, -0.15) is 0 Å². The molecule has 9 nitrogen and oxygen atoms in total. The molecule has 1 aliphatic heterocycles. The molecular weight excluding hydrogens is 548 g/mol. The topological polar surface area (TPSA) is 134 Å². The number of esters is 1. The predicted molar refractivity (Wildman–Crippen MR) is 168 cm³/mol. The Morgan fingerprint density at radius 1 is 1.12 bits per heavy atom. The summed E-state index contributed by atoms with van der Waals surface area (Å²) in [4.78, 5) is 37.9. The molecule has 2 rings (SSSR count). The van der Waals surface area contributed by atoms with Crippen molar-refractivity contribution in [1.82, 2.24) is 5.32 Å². The lowest BCUT2D eigenvalue weighted by atomic mass is 9.90. The monoisotopic (exact) mass is 596 g/mol. The highest BCUT2D eigenvalue weighted by atomic mass is 16.5. The number of hydrogen-bond acceptors (Lipinski definition) is 7. The van der Waals surface area contributed by atoms with E-state index in [-0.39, 0.29) is 29.9 Å². The van der Waals surface area contributed by atoms with Crippen LogP contribution in [0.15, 0.2) is 66.3 Å². The van der Waals surface area contributed by atoms with Gasteiger partial charge in [0.05, 0.1) is 18.6 Å². The number of anilines is 1. The summed E-state index contributed by atoms with van der Waals surface area (Å²) in [7, 11) is 1.53. The van der Waals surface area contributed by atoms with Crippen LogP contribution in [0.5, 0.6) is 5.75 Å². The van der Waals surface area contributed by atoms with Crippen LogP contribution in [-0.4, -0.2) is 59.5 Å². The Morgan fingerprint density at radius 2 is 1.84 bits per heavy atom. The maximum Gasteiger partial charge on any atom is 0.328 e. The van der Waals surface area contributed by atoms with Crippen molar-refractivity contribution < 1.29 is 34.1 Å². The van der Waals surface area contributed by atoms with Crippen molar-refractivity contribution in [1.29, 1.82) is 0 Å². The number of carbonyl (C=O) groups is 3. The van der Waals surface area contributed by atoms with Crippen molar-refractivity contribution in [2.45, 2.75) is 91.1 Å². The number of aromatic hydroxyl groups is 1. The first-order chi connectivity index (χ1) is 20.4. The molecule has 236 valence electrons. The minimum absolute atomic E-state index is 0.0322. The highest BCUT2D eigenvalue weighted by molar-refractivity contribution is 5.91. The van der Waals surface area contributed by atoms with Crippen molar-refractivity contribution in [2.24, 2.45) is 11.8 Å². The first kappa shape index (κ1) is 35.5. The molecule has 1 aliphatic rings. The minimum Gasteiger partial charge on any atom is -0.508 e. The van der Waals surface area contributed by atoms with Gasteiger partial charge in [-0.1, -0.05) is 63.3 Å². The van der Waals surface area contributed by atoms with E-state index in [0.717, 1.165) is 11.1 Å². The number of methoxy groups -OCH3 is 1. The Hall–Kier alpha value is -3.69. The predicted octanol–water partition coefficient (Wildman–Crippen LogP) is 5.15. The molecular formula is C34H48N2O7. The van der Waals surface area contributed by atoms with Gasteiger partial charge in [-0.05, 0) is 62.3 Å². The van der Waals surface area contributed by atoms with Gasteiger partial charge in [-0.25, -0.2) is 4.79 Å². The van der Waals surface area contributed by atoms with Crippen LogP contribution in [-0.2, 0) is 30.3 Å². The van der Waals surface area contributed by atoms with Crippen molar-refractivity contribution in [3.05, 3.63) is 71.9 Å². The number of aryl methyl sites for hydroxylation is 1. The van der Waals surface area contributed by atoms with Crippen molar-refractivity contribution in [3.63, 3.8) is 0 Å². The molecule has 0 radical (unpaired) electrons. The second kappa shape index (κ2) is 18.1. The highest BCUT2D eigenvalue weighted by Gasteiger charge is 2.30. The summed E-state index contributed by atoms with van der Waals surface area (Å²) in [5, 5.41) is 26.8. The highest BCUT2D eigenvalue weighted by Crippen LogP contribution is 2.25. The van der Waals surface area contributed by atoms with Crippen molar-refractivity contribution in [2.75, 3.05) is 12.4 Å². The fraction of sp³-hybridized carbons (Fsp3) is 0.500. The number of hydrogen-bond donors (Lipinski definition) is 4. The molecule has 2 amide bonds. The largest absolute Gasteiger partial charge is 0.508 e. The van der Waals surface area contributed by atoms with Gasteiger partial charge >= 0.3 is 5.97 Å². The SMILES string of the molecule is CO[C@H]1\C=C/C=C/C=C/C[C@H](O)[C@H](C)[C@@H](OC(=O)[C@@H](C)NC(=O)CC(C)C)/C(C)=C\CCc2cc(O)cc(c2)NC(=O)C1. The summed E-state index contributed by atoms with van der Waals surface area (Å²) in [6.07, 6.45) is 12.7. The molecule has 0 saturated heterocycles. The zero-order valence-corrected chi connectivity index (χ0v) is 26.2. The van der Waals surface area contributed by atoms with Gasteiger partial charge in [-0.15, -0.1) is 0 Å². The fourth-order valence-corrected chi connectivity index (χ4v) is 4.70. The third-order valence-electron chi connectivity index (χ3n) is 7.12. The number of phenols is 1. The van der Waals surface area contributed by atoms with E-state index in [1.165, 1.54) is 13.2 Å². The number of aliphatic hydroxyl groups is 1. The molecule has 1 aromatic rings. The van der Waals surface area contributed by atoms with Gasteiger partial charge in [0.25, 0.3) is 0 Å². The molecule has 1 aromatic carbocycles. The molecule has 2 bridgehead atoms. The molecule has 0 saturated carbocycles. The van der Waals surface area contributed by atoms with Crippen LogP contribution in [0.25, 0.3) is 0 Å². The number of allylic oxidation sites excluding steroid dienone is 5. The summed E-state index contributed by atoms with van der Waals surface area (Å²) < 4.78 is 11.3. The van der Waals surface area contributed by atoms with Crippen LogP contribution in [0.1, 0.15) is 65.9 Å². The molecule has 0 unspecified atom stereocenters. The molecule has 0 fully saturated rings. The number of ether oxygens (including phenoxy) is 2. The Labute approximate surface area is 255 Å². The molecule has 9 heteroatoms. The standard InChI is InChI=1S/C34H48N2O7/c1-22(2)17-31(39)35-25(5)34(41)43-33-23(3)13-12-14-26-18-27(20-28(37)19-26)36-32(40)21-29(42-6)15-10-8-7-9-11-16-30(38)24(33)4/h7-11,13,15,18-20,22,24-25,29-30,33,37-38H,12,14,16-17,21H2,1-6H3,(H,35,39)(H,36,40)/b8-7+,11-9+,15-10-,23-13-/t24-,25+,29-,30-,33-/m0/s1. The van der Waals surface area contributed by atoms with Crippen LogP contribution >= 0.6 is 0 Å². The number of rotatable bonds is 6. The van der Waals surface area contributed by atoms with E-state index in [0.29, 0.717) is 31.4 Å². The normalized spacial score (nSPS) is 26.5. The van der Waals surface area contributed by atoms with E-state index in [2.05, 4.69) is 10.6 Å². The number of benzene rings is 1. The summed E-state index contributed by atoms with van der Waals surface area (Å²) >= 11 is 0. The Bertz CT molecular complexity index is 1200. The summed E-state index contributed by atoms with van der Waals surface area (Å²) in [6.45, 7) is 9.13. The first-order valence-electron chi connectivity index (χ1n) is 14.9. The third-order valence-corrected chi connectivity index (χ3v) is 7.12. The summed E-state index contributed by atoms with van der Waals surface area (Å²) in [6, 6.07) is 4.09. The number of aliphatic hydroxyl groups excluding tert-OH is 1. The zero-order valence-electron chi connectivity index (χ0n) is 26.2. The van der Waals surface area contributed by atoms with Gasteiger partial charge in [0.1, 0.15) is 17.9 Å². The number of phenolic OH excluding ortho intramolecular Hbond substituents is 1. The average Bonchev–Trinajstić information content (AvgIpc) is 2.92. The Kier molecular flexibility index (Phi) is 14.9. The molecule has 0 spiro atoms. The smallest absolute Gasteiger partial charge is 0.328 e. The van der Waals surface area contributed by atoms with Crippen LogP contribution in [0.2, 0.25) is 0 Å². The molecule has 5 atom stereocenters. The maximum absolute atomic E-state index is 13.0. The van der Waals surface area contributed by atoms with E-state index in [1.807, 2.05) is 52.0 Å². The Morgan fingerprint density at radius 3 is 2.53 bits per heavy atom. The summed E-state index contributed by atoms with van der Waals surface area (Å²) in [5.74, 6) is -1.30. The quantitative estimate of drug-likeness (QED) is 0.264. The number of nitrogens with one attached hydrogen (secondary N) is 2. The second-order valence-corrected chi connectivity index (χ2v) is 11.5. The molecule has 43 heavy (non-hydrogen) atoms. The van der Waals surface area contributed by atoms with Crippen molar-refractivity contribution in [3.8, 4) is 5.75 Å². The minimum atomic E-state index is -0.842. The molecule has 4 N–H and O–H groups in total. The van der Waals surface area contributed by atoms with Gasteiger partial charge in [0.15, 0.2) is 0 Å². The van der Waals surface area contributed by atoms with Gasteiger partial charge < -0.3 is 30.3 Å². The van der Waals surface area contributed by atoms with Gasteiger partial charge in [-0.3, -0.25) is 9.59 Å². The molecule has 0 aliphatic carbocycles. The van der Waals surface area contributed by atoms with Gasteiger partial charge in [0.2, 0.25) is 11.8 Å². The number of amides is 2. The third kappa shape index (κ3) is 13.0. The number of fused-ring (bicyclic) bond motifs is 2. The Balaban J connectivity index is 2.33.